The summed E-state index contributed by atoms with van der Waals surface area (Å²) in [5, 5.41) is 3.03. The Morgan fingerprint density at radius 3 is 2.73 bits per heavy atom. The van der Waals surface area contributed by atoms with Crippen molar-refractivity contribution in [1.29, 1.82) is 0 Å². The number of benzene rings is 1. The first-order valence-corrected chi connectivity index (χ1v) is 11.2. The van der Waals surface area contributed by atoms with Crippen LogP contribution in [0.5, 0.6) is 0 Å². The molecule has 2 aromatic heterocycles. The van der Waals surface area contributed by atoms with Crippen molar-refractivity contribution in [1.82, 2.24) is 14.9 Å². The van der Waals surface area contributed by atoms with E-state index in [1.54, 1.807) is 29.8 Å². The SMILES string of the molecule is O=C(C1CCCN(c2ncnc3scc(-c4ccc(F)cc4)c23)C1)N1CCOCC1. The van der Waals surface area contributed by atoms with Gasteiger partial charge < -0.3 is 14.5 Å². The molecule has 3 aromatic rings. The molecule has 6 nitrogen and oxygen atoms in total. The summed E-state index contributed by atoms with van der Waals surface area (Å²) in [5.41, 5.74) is 1.95. The Bertz CT molecular complexity index is 1050. The van der Waals surface area contributed by atoms with E-state index < -0.39 is 0 Å². The van der Waals surface area contributed by atoms with Gasteiger partial charge >= 0.3 is 0 Å². The van der Waals surface area contributed by atoms with E-state index in [2.05, 4.69) is 20.2 Å². The number of thiophene rings is 1. The number of anilines is 1. The summed E-state index contributed by atoms with van der Waals surface area (Å²) in [6.07, 6.45) is 3.44. The molecule has 0 bridgehead atoms. The minimum absolute atomic E-state index is 0.0326. The quantitative estimate of drug-likeness (QED) is 0.641. The molecule has 2 saturated heterocycles. The van der Waals surface area contributed by atoms with Gasteiger partial charge in [-0.1, -0.05) is 12.1 Å². The smallest absolute Gasteiger partial charge is 0.227 e. The maximum atomic E-state index is 13.4. The average Bonchev–Trinajstić information content (AvgIpc) is 3.24. The number of fused-ring (bicyclic) bond motifs is 1. The first-order valence-electron chi connectivity index (χ1n) is 10.3. The average molecular weight is 427 g/mol. The van der Waals surface area contributed by atoms with Crippen molar-refractivity contribution in [2.24, 2.45) is 5.92 Å². The molecule has 1 amide bonds. The normalized spacial score (nSPS) is 20.0. The highest BCUT2D eigenvalue weighted by molar-refractivity contribution is 7.17. The van der Waals surface area contributed by atoms with Crippen LogP contribution < -0.4 is 4.90 Å². The molecule has 0 saturated carbocycles. The zero-order valence-corrected chi connectivity index (χ0v) is 17.4. The van der Waals surface area contributed by atoms with E-state index in [4.69, 9.17) is 4.74 Å². The van der Waals surface area contributed by atoms with Crippen LogP contribution in [0.25, 0.3) is 21.3 Å². The molecule has 4 heterocycles. The minimum atomic E-state index is -0.254. The maximum absolute atomic E-state index is 13.4. The zero-order chi connectivity index (χ0) is 20.5. The maximum Gasteiger partial charge on any atom is 0.227 e. The second kappa shape index (κ2) is 8.28. The van der Waals surface area contributed by atoms with Gasteiger partial charge in [0.15, 0.2) is 0 Å². The van der Waals surface area contributed by atoms with Crippen LogP contribution in [0.15, 0.2) is 36.0 Å². The number of amides is 1. The van der Waals surface area contributed by atoms with Crippen molar-refractivity contribution in [2.75, 3.05) is 44.3 Å². The lowest BCUT2D eigenvalue weighted by atomic mass is 9.95. The summed E-state index contributed by atoms with van der Waals surface area (Å²) in [5.74, 6) is 0.794. The fraction of sp³-hybridized carbons (Fsp3) is 0.409. The Hall–Kier alpha value is -2.58. The van der Waals surface area contributed by atoms with E-state index in [9.17, 15) is 9.18 Å². The molecule has 5 rings (SSSR count). The highest BCUT2D eigenvalue weighted by Gasteiger charge is 2.31. The van der Waals surface area contributed by atoms with Crippen molar-refractivity contribution in [3.63, 3.8) is 0 Å². The Kier molecular flexibility index (Phi) is 5.35. The summed E-state index contributed by atoms with van der Waals surface area (Å²) in [4.78, 5) is 27.2. The van der Waals surface area contributed by atoms with Crippen LogP contribution in [-0.2, 0) is 9.53 Å². The lowest BCUT2D eigenvalue weighted by molar-refractivity contribution is -0.139. The third-order valence-corrected chi connectivity index (χ3v) is 6.78. The van der Waals surface area contributed by atoms with E-state index in [0.29, 0.717) is 32.8 Å². The molecule has 2 aliphatic rings. The van der Waals surface area contributed by atoms with Crippen LogP contribution in [0.4, 0.5) is 10.2 Å². The van der Waals surface area contributed by atoms with E-state index >= 15 is 0 Å². The molecule has 0 spiro atoms. The van der Waals surface area contributed by atoms with Gasteiger partial charge in [-0.3, -0.25) is 4.79 Å². The molecule has 1 atom stereocenters. The number of carbonyl (C=O) groups is 1. The van der Waals surface area contributed by atoms with Gasteiger partial charge in [-0.2, -0.15) is 0 Å². The second-order valence-electron chi connectivity index (χ2n) is 7.76. The molecule has 0 radical (unpaired) electrons. The Morgan fingerprint density at radius 1 is 1.13 bits per heavy atom. The number of ether oxygens (including phenoxy) is 1. The lowest BCUT2D eigenvalue weighted by Gasteiger charge is -2.37. The molecule has 1 unspecified atom stereocenters. The molecule has 1 aromatic carbocycles. The summed E-state index contributed by atoms with van der Waals surface area (Å²) in [6.45, 7) is 4.09. The lowest BCUT2D eigenvalue weighted by Crippen LogP contribution is -2.48. The van der Waals surface area contributed by atoms with Crippen molar-refractivity contribution in [3.8, 4) is 11.1 Å². The van der Waals surface area contributed by atoms with Crippen LogP contribution in [0, 0.1) is 11.7 Å². The van der Waals surface area contributed by atoms with E-state index in [0.717, 1.165) is 46.5 Å². The standard InChI is InChI=1S/C22H23FN4O2S/c23-17-5-3-15(4-6-17)18-13-30-21-19(18)20(24-14-25-21)27-7-1-2-16(12-27)22(28)26-8-10-29-11-9-26/h3-6,13-14,16H,1-2,7-12H2. The largest absolute Gasteiger partial charge is 0.378 e. The summed E-state index contributed by atoms with van der Waals surface area (Å²) < 4.78 is 18.8. The summed E-state index contributed by atoms with van der Waals surface area (Å²) in [7, 11) is 0. The molecule has 0 aliphatic carbocycles. The van der Waals surface area contributed by atoms with Crippen LogP contribution in [-0.4, -0.2) is 60.2 Å². The van der Waals surface area contributed by atoms with Crippen LogP contribution in [0.2, 0.25) is 0 Å². The molecule has 2 aliphatic heterocycles. The highest BCUT2D eigenvalue weighted by atomic mass is 32.1. The second-order valence-corrected chi connectivity index (χ2v) is 8.61. The highest BCUT2D eigenvalue weighted by Crippen LogP contribution is 2.39. The van der Waals surface area contributed by atoms with Gasteiger partial charge in [0.1, 0.15) is 22.8 Å². The summed E-state index contributed by atoms with van der Waals surface area (Å²) >= 11 is 1.56. The van der Waals surface area contributed by atoms with Crippen LogP contribution in [0.1, 0.15) is 12.8 Å². The number of carbonyl (C=O) groups excluding carboxylic acids is 1. The topological polar surface area (TPSA) is 58.6 Å². The molecule has 8 heteroatoms. The van der Waals surface area contributed by atoms with Gasteiger partial charge in [-0.15, -0.1) is 11.3 Å². The van der Waals surface area contributed by atoms with E-state index in [1.807, 2.05) is 4.90 Å². The first kappa shape index (κ1) is 19.4. The number of rotatable bonds is 3. The number of halogens is 1. The number of aromatic nitrogens is 2. The van der Waals surface area contributed by atoms with Gasteiger partial charge in [0, 0.05) is 37.1 Å². The number of morpholine rings is 1. The Labute approximate surface area is 178 Å². The van der Waals surface area contributed by atoms with Gasteiger partial charge in [-0.05, 0) is 30.5 Å². The van der Waals surface area contributed by atoms with Crippen molar-refractivity contribution >= 4 is 33.3 Å². The minimum Gasteiger partial charge on any atom is -0.378 e. The fourth-order valence-electron chi connectivity index (χ4n) is 4.35. The van der Waals surface area contributed by atoms with Crippen molar-refractivity contribution < 1.29 is 13.9 Å². The zero-order valence-electron chi connectivity index (χ0n) is 16.6. The molecular weight excluding hydrogens is 403 g/mol. The van der Waals surface area contributed by atoms with E-state index in [1.165, 1.54) is 12.1 Å². The van der Waals surface area contributed by atoms with Crippen molar-refractivity contribution in [2.45, 2.75) is 12.8 Å². The van der Waals surface area contributed by atoms with Gasteiger partial charge in [0.25, 0.3) is 0 Å². The predicted molar refractivity (Wildman–Crippen MR) is 115 cm³/mol. The molecule has 2 fully saturated rings. The number of hydrogen-bond acceptors (Lipinski definition) is 6. The number of piperidine rings is 1. The molecule has 156 valence electrons. The number of hydrogen-bond donors (Lipinski definition) is 0. The Balaban J connectivity index is 1.46. The third-order valence-electron chi connectivity index (χ3n) is 5.90. The predicted octanol–water partition coefficient (Wildman–Crippen LogP) is 3.57. The number of nitrogens with zero attached hydrogens (tertiary/aromatic N) is 4. The van der Waals surface area contributed by atoms with Gasteiger partial charge in [-0.25, -0.2) is 14.4 Å². The summed E-state index contributed by atoms with van der Waals surface area (Å²) in [6, 6.07) is 6.52. The van der Waals surface area contributed by atoms with Gasteiger partial charge in [0.2, 0.25) is 5.91 Å². The van der Waals surface area contributed by atoms with Crippen molar-refractivity contribution in [3.05, 3.63) is 41.8 Å². The monoisotopic (exact) mass is 426 g/mol. The molecule has 30 heavy (non-hydrogen) atoms. The van der Waals surface area contributed by atoms with Crippen LogP contribution in [0.3, 0.4) is 0 Å². The van der Waals surface area contributed by atoms with Crippen LogP contribution >= 0.6 is 11.3 Å². The Morgan fingerprint density at radius 2 is 1.93 bits per heavy atom. The molecule has 0 N–H and O–H groups in total. The fourth-order valence-corrected chi connectivity index (χ4v) is 5.26. The third kappa shape index (κ3) is 3.65. The van der Waals surface area contributed by atoms with E-state index in [-0.39, 0.29) is 17.6 Å². The molecular formula is C22H23FN4O2S. The first-order chi connectivity index (χ1) is 14.7. The van der Waals surface area contributed by atoms with Gasteiger partial charge in [0.05, 0.1) is 24.5 Å².